The number of carbonyl (C=O) groups excluding carboxylic acids is 2. The minimum Gasteiger partial charge on any atom is -0.459 e. The van der Waals surface area contributed by atoms with Crippen molar-refractivity contribution in [1.82, 2.24) is 0 Å². The van der Waals surface area contributed by atoms with Gasteiger partial charge in [-0.1, -0.05) is 115 Å². The Bertz CT molecular complexity index is 2480. The van der Waals surface area contributed by atoms with E-state index in [0.29, 0.717) is 62.5 Å². The molecule has 0 aromatic rings. The van der Waals surface area contributed by atoms with Crippen molar-refractivity contribution in [2.45, 2.75) is 327 Å². The molecule has 9 N–H and O–H groups in total. The topological polar surface area (TPSA) is 299 Å². The normalized spacial score (nSPS) is 41.1. The number of fused-ring (bicyclic) bond motifs is 4. The van der Waals surface area contributed by atoms with Gasteiger partial charge in [0.2, 0.25) is 0 Å². The third-order valence-corrected chi connectivity index (χ3v) is 22.4. The number of ether oxygens (including phenoxy) is 9. The second-order valence-corrected chi connectivity index (χ2v) is 30.5. The highest BCUT2D eigenvalue weighted by Gasteiger charge is 2.42. The first-order valence-corrected chi connectivity index (χ1v) is 37.1. The minimum atomic E-state index is -1.16. The van der Waals surface area contributed by atoms with Crippen LogP contribution in [0.1, 0.15) is 199 Å². The number of cyclic esters (lactones) is 2. The maximum atomic E-state index is 13.9. The van der Waals surface area contributed by atoms with Gasteiger partial charge in [0.1, 0.15) is 12.2 Å². The van der Waals surface area contributed by atoms with Crippen molar-refractivity contribution < 1.29 is 98.2 Å². The van der Waals surface area contributed by atoms with Crippen LogP contribution in [0.2, 0.25) is 0 Å². The number of rotatable bonds is 16. The molecule has 5 aliphatic heterocycles. The van der Waals surface area contributed by atoms with E-state index >= 15 is 0 Å². The number of methoxy groups -OCH3 is 3. The van der Waals surface area contributed by atoms with Crippen molar-refractivity contribution in [3.8, 4) is 0 Å². The first-order valence-electron chi connectivity index (χ1n) is 37.1. The zero-order valence-corrected chi connectivity index (χ0v) is 62.0. The molecule has 564 valence electrons. The summed E-state index contributed by atoms with van der Waals surface area (Å²) in [4.78, 5) is 27.7. The highest BCUT2D eigenvalue weighted by Crippen LogP contribution is 2.37. The molecule has 2 fully saturated rings. The SMILES string of the molecule is CO[C@H]1CC(CC[C@H](C)[C@H](O)[C@H](C)[C@@H](O)[C@@H](C)C2C[C@H](O)[C@H](C)[C@@H](CO)CC3CC=C[C@@H](C[C@@H](O)C/C=C(C)/C=C/C(=O)O[C@@H]([C@@H](C)CC[C@H]4C[C@H](OC)C[C@H](C)O4)[C@H](C)[C@@H](O)[C@@H](C)[C@H](O)C[C@H](O)[C@H](C)[C@@H](OC)CC4CC=C[C@@H](C[C@@H](O)C/C=C(C)/C=C/C(=O)O2)O4)O3)O[C@@H](C)C1. The Labute approximate surface area is 587 Å². The lowest BCUT2D eigenvalue weighted by molar-refractivity contribution is -0.155. The second kappa shape index (κ2) is 43.1. The predicted octanol–water partition coefficient (Wildman–Crippen LogP) is 9.70. The monoisotopic (exact) mass is 1390 g/mol. The van der Waals surface area contributed by atoms with Crippen LogP contribution in [0.5, 0.6) is 0 Å². The van der Waals surface area contributed by atoms with E-state index in [2.05, 4.69) is 0 Å². The van der Waals surface area contributed by atoms with Crippen molar-refractivity contribution in [3.63, 3.8) is 0 Å². The summed E-state index contributed by atoms with van der Waals surface area (Å²) in [5.41, 5.74) is 1.38. The molecule has 2 saturated heterocycles. The molecule has 5 aliphatic rings. The largest absolute Gasteiger partial charge is 0.459 e. The summed E-state index contributed by atoms with van der Waals surface area (Å²) in [6, 6.07) is 0. The lowest BCUT2D eigenvalue weighted by Crippen LogP contribution is -2.45. The fraction of sp³-hybridized carbons (Fsp3) is 0.821. The summed E-state index contributed by atoms with van der Waals surface area (Å²) in [5, 5.41) is 105. The predicted molar refractivity (Wildman–Crippen MR) is 377 cm³/mol. The van der Waals surface area contributed by atoms with Gasteiger partial charge in [0.25, 0.3) is 0 Å². The van der Waals surface area contributed by atoms with Crippen molar-refractivity contribution in [1.29, 1.82) is 0 Å². The Morgan fingerprint density at radius 3 is 1.52 bits per heavy atom. The van der Waals surface area contributed by atoms with Crippen LogP contribution in [-0.4, -0.2) is 214 Å². The van der Waals surface area contributed by atoms with E-state index in [1.54, 1.807) is 61.2 Å². The summed E-state index contributed by atoms with van der Waals surface area (Å²) in [7, 11) is 5.00. The van der Waals surface area contributed by atoms with Gasteiger partial charge in [-0.15, -0.1) is 0 Å². The van der Waals surface area contributed by atoms with Crippen molar-refractivity contribution >= 4 is 11.9 Å². The van der Waals surface area contributed by atoms with Gasteiger partial charge in [-0.2, -0.15) is 0 Å². The molecule has 5 rings (SSSR count). The Balaban J connectivity index is 1.37. The van der Waals surface area contributed by atoms with Crippen LogP contribution in [0.3, 0.4) is 0 Å². The van der Waals surface area contributed by atoms with E-state index in [1.807, 2.05) is 91.8 Å². The van der Waals surface area contributed by atoms with Crippen molar-refractivity contribution in [2.75, 3.05) is 27.9 Å². The highest BCUT2D eigenvalue weighted by molar-refractivity contribution is 5.83. The smallest absolute Gasteiger partial charge is 0.331 e. The third-order valence-electron chi connectivity index (χ3n) is 22.4. The quantitative estimate of drug-likeness (QED) is 0.0513. The number of allylic oxidation sites excluding steroid dienone is 4. The average molecular weight is 1390 g/mol. The third kappa shape index (κ3) is 28.1. The molecule has 30 atom stereocenters. The van der Waals surface area contributed by atoms with E-state index in [0.717, 1.165) is 25.7 Å². The Morgan fingerprint density at radius 2 is 1.01 bits per heavy atom. The summed E-state index contributed by atoms with van der Waals surface area (Å²) >= 11 is 0. The molecule has 0 radical (unpaired) electrons. The molecular formula is C78H132O20. The maximum absolute atomic E-state index is 13.9. The molecule has 5 heterocycles. The molecular weight excluding hydrogens is 1260 g/mol. The first-order chi connectivity index (χ1) is 46.4. The van der Waals surface area contributed by atoms with Gasteiger partial charge in [-0.25, -0.2) is 9.59 Å². The van der Waals surface area contributed by atoms with Gasteiger partial charge < -0.3 is 88.6 Å². The maximum Gasteiger partial charge on any atom is 0.331 e. The molecule has 0 amide bonds. The van der Waals surface area contributed by atoms with E-state index < -0.39 is 133 Å². The zero-order chi connectivity index (χ0) is 72.5. The van der Waals surface area contributed by atoms with Crippen LogP contribution in [0, 0.1) is 53.3 Å². The second-order valence-electron chi connectivity index (χ2n) is 30.5. The Hall–Kier alpha value is -3.26. The average Bonchev–Trinajstić information content (AvgIpc) is 0.848. The van der Waals surface area contributed by atoms with Gasteiger partial charge in [0.15, 0.2) is 0 Å². The van der Waals surface area contributed by atoms with Crippen LogP contribution in [-0.2, 0) is 52.2 Å². The molecule has 0 aromatic heterocycles. The molecule has 20 heteroatoms. The molecule has 0 saturated carbocycles. The van der Waals surface area contributed by atoms with Gasteiger partial charge in [0.05, 0.1) is 116 Å². The van der Waals surface area contributed by atoms with E-state index in [1.165, 1.54) is 12.2 Å². The molecule has 0 aromatic carbocycles. The summed E-state index contributed by atoms with van der Waals surface area (Å²) < 4.78 is 55.3. The van der Waals surface area contributed by atoms with Gasteiger partial charge in [-0.3, -0.25) is 0 Å². The van der Waals surface area contributed by atoms with Crippen molar-refractivity contribution in [2.24, 2.45) is 53.3 Å². The van der Waals surface area contributed by atoms with Gasteiger partial charge in [0, 0.05) is 95.4 Å². The van der Waals surface area contributed by atoms with Crippen molar-refractivity contribution in [3.05, 3.63) is 71.9 Å². The highest BCUT2D eigenvalue weighted by atomic mass is 16.6. The number of hydrogen-bond donors (Lipinski definition) is 9. The Kier molecular flexibility index (Phi) is 37.6. The molecule has 4 unspecified atom stereocenters. The fourth-order valence-electron chi connectivity index (χ4n) is 15.4. The first kappa shape index (κ1) is 85.4. The van der Waals surface area contributed by atoms with Crippen LogP contribution >= 0.6 is 0 Å². The summed E-state index contributed by atoms with van der Waals surface area (Å²) in [6.45, 7) is 22.1. The zero-order valence-electron chi connectivity index (χ0n) is 62.0. The molecule has 4 bridgehead atoms. The van der Waals surface area contributed by atoms with Crippen LogP contribution in [0.15, 0.2) is 71.9 Å². The van der Waals surface area contributed by atoms with Crippen LogP contribution < -0.4 is 0 Å². The standard InChI is InChI=1S/C78H132O20/c1-45-22-28-59(81)38-62-20-17-21-63(96-62)41-71(92-15)52(8)68(82)42-69(83)53(9)76(88)56(12)78(48(4)27-31-65-40-67(91-14)35-50(6)94-65)98-74(86)33-25-46(2)23-29-58(80)37-61-19-16-18-60(95-61)36-57(44-79)51(7)70(84)43-72(97-73(85)32-24-45)54(10)77(89)55(11)75(87)47(3)26-30-64-39-66(90-13)34-49(5)93-64/h16-17,19-20,22-25,32-33,47-72,75-84,87-89H,18,21,26-31,34-44H2,1-15H3/b32-24+,33-25+,45-22+,46-23+/t47-,48-,49-,50-,51+,52-,53-,54-,55-,56+,57+,58-,59-,60?,61-,62-,63?,64?,65-,66+,67+,68-,69+,70-,71-,72?,75-,76-,77-,78-/m0/s1. The van der Waals surface area contributed by atoms with E-state index in [4.69, 9.17) is 42.6 Å². The summed E-state index contributed by atoms with van der Waals surface area (Å²) in [6.07, 6.45) is 14.2. The minimum absolute atomic E-state index is 0.0171. The molecule has 20 nitrogen and oxygen atoms in total. The lowest BCUT2D eigenvalue weighted by Gasteiger charge is -2.38. The van der Waals surface area contributed by atoms with E-state index in [-0.39, 0.29) is 106 Å². The number of carbonyl (C=O) groups is 2. The number of aliphatic hydroxyl groups excluding tert-OH is 9. The molecule has 0 spiro atoms. The fourth-order valence-corrected chi connectivity index (χ4v) is 15.4. The van der Waals surface area contributed by atoms with E-state index in [9.17, 15) is 55.5 Å². The molecule has 0 aliphatic carbocycles. The Morgan fingerprint density at radius 1 is 0.520 bits per heavy atom. The number of esters is 2. The summed E-state index contributed by atoms with van der Waals surface area (Å²) in [5.74, 6) is -6.00. The molecule has 98 heavy (non-hydrogen) atoms. The van der Waals surface area contributed by atoms with Crippen LogP contribution in [0.25, 0.3) is 0 Å². The van der Waals surface area contributed by atoms with Crippen LogP contribution in [0.4, 0.5) is 0 Å². The van der Waals surface area contributed by atoms with Gasteiger partial charge in [-0.05, 0) is 141 Å². The number of hydrogen-bond acceptors (Lipinski definition) is 20. The van der Waals surface area contributed by atoms with Gasteiger partial charge >= 0.3 is 11.9 Å². The number of aliphatic hydroxyl groups is 9. The lowest BCUT2D eigenvalue weighted by atomic mass is 9.78.